The van der Waals surface area contributed by atoms with Crippen LogP contribution in [0.15, 0.2) is 16.9 Å². The summed E-state index contributed by atoms with van der Waals surface area (Å²) < 4.78 is 6.29. The van der Waals surface area contributed by atoms with Gasteiger partial charge in [-0.3, -0.25) is 19.5 Å². The van der Waals surface area contributed by atoms with E-state index in [2.05, 4.69) is 0 Å². The lowest BCUT2D eigenvalue weighted by Gasteiger charge is -2.19. The Balaban J connectivity index is 3.22. The van der Waals surface area contributed by atoms with Crippen molar-refractivity contribution in [3.05, 3.63) is 38.3 Å². The van der Waals surface area contributed by atoms with Crippen molar-refractivity contribution in [2.24, 2.45) is 5.92 Å². The minimum Gasteiger partial charge on any atom is -0.464 e. The van der Waals surface area contributed by atoms with E-state index in [1.165, 1.54) is 6.07 Å². The third-order valence-corrected chi connectivity index (χ3v) is 3.03. The number of aromatic nitrogens is 1. The minimum absolute atomic E-state index is 0.175. The lowest BCUT2D eigenvalue weighted by atomic mass is 10.2. The normalized spacial score (nSPS) is 12.2. The molecule has 7 heteroatoms. The molecule has 7 nitrogen and oxygen atoms in total. The average molecular weight is 296 g/mol. The zero-order chi connectivity index (χ0) is 16.2. The Morgan fingerprint density at radius 2 is 2.05 bits per heavy atom. The summed E-state index contributed by atoms with van der Waals surface area (Å²) in [7, 11) is 0. The second-order valence-electron chi connectivity index (χ2n) is 5.24. The van der Waals surface area contributed by atoms with Crippen LogP contribution in [-0.2, 0) is 9.53 Å². The highest BCUT2D eigenvalue weighted by Gasteiger charge is 2.26. The van der Waals surface area contributed by atoms with Gasteiger partial charge in [0.05, 0.1) is 11.5 Å². The summed E-state index contributed by atoms with van der Waals surface area (Å²) in [5.41, 5.74) is -0.844. The number of nitrogens with zero attached hydrogens (tertiary/aromatic N) is 2. The summed E-state index contributed by atoms with van der Waals surface area (Å²) in [6, 6.07) is 1.76. The van der Waals surface area contributed by atoms with E-state index >= 15 is 0 Å². The third kappa shape index (κ3) is 3.90. The predicted molar refractivity (Wildman–Crippen MR) is 77.2 cm³/mol. The number of esters is 1. The highest BCUT2D eigenvalue weighted by molar-refractivity contribution is 5.74. The molecular formula is C14H20N2O5. The van der Waals surface area contributed by atoms with E-state index in [1.807, 2.05) is 13.8 Å². The lowest BCUT2D eigenvalue weighted by molar-refractivity contribution is -0.386. The Morgan fingerprint density at radius 3 is 2.52 bits per heavy atom. The van der Waals surface area contributed by atoms with Gasteiger partial charge in [-0.25, -0.2) is 4.79 Å². The van der Waals surface area contributed by atoms with Crippen LogP contribution in [0, 0.1) is 23.0 Å². The molecule has 1 heterocycles. The van der Waals surface area contributed by atoms with Gasteiger partial charge in [0.25, 0.3) is 0 Å². The van der Waals surface area contributed by atoms with Crippen molar-refractivity contribution in [1.29, 1.82) is 0 Å². The van der Waals surface area contributed by atoms with Crippen LogP contribution in [0.4, 0.5) is 5.69 Å². The molecule has 0 saturated heterocycles. The fourth-order valence-electron chi connectivity index (χ4n) is 1.96. The highest BCUT2D eigenvalue weighted by Crippen LogP contribution is 2.17. The number of carbonyl (C=O) groups is 1. The summed E-state index contributed by atoms with van der Waals surface area (Å²) in [4.78, 5) is 34.4. The van der Waals surface area contributed by atoms with E-state index in [9.17, 15) is 19.7 Å². The van der Waals surface area contributed by atoms with Gasteiger partial charge in [-0.15, -0.1) is 0 Å². The molecule has 0 aliphatic heterocycles. The number of ether oxygens (including phenoxy) is 1. The van der Waals surface area contributed by atoms with Crippen LogP contribution in [0.1, 0.15) is 38.9 Å². The van der Waals surface area contributed by atoms with E-state index < -0.39 is 28.2 Å². The SMILES string of the molecule is CCC(C(=O)OCC(C)C)n1c(C)ccc([N+](=O)[O-])c1=O. The summed E-state index contributed by atoms with van der Waals surface area (Å²) in [5.74, 6) is -0.369. The molecule has 0 aliphatic carbocycles. The lowest BCUT2D eigenvalue weighted by Crippen LogP contribution is -2.33. The summed E-state index contributed by atoms with van der Waals surface area (Å²) in [6.45, 7) is 7.41. The van der Waals surface area contributed by atoms with Gasteiger partial charge in [0, 0.05) is 11.8 Å². The first kappa shape index (κ1) is 16.9. The average Bonchev–Trinajstić information content (AvgIpc) is 2.40. The topological polar surface area (TPSA) is 91.4 Å². The van der Waals surface area contributed by atoms with Crippen molar-refractivity contribution >= 4 is 11.7 Å². The Bertz CT molecular complexity index is 592. The molecule has 0 spiro atoms. The van der Waals surface area contributed by atoms with E-state index in [0.717, 1.165) is 10.6 Å². The zero-order valence-electron chi connectivity index (χ0n) is 12.7. The molecule has 0 N–H and O–H groups in total. The van der Waals surface area contributed by atoms with Gasteiger partial charge < -0.3 is 4.74 Å². The standard InChI is InChI=1S/C14H20N2O5/c1-5-11(14(18)21-8-9(2)3)15-10(4)6-7-12(13(15)17)16(19)20/h6-7,9,11H,5,8H2,1-4H3. The first-order chi connectivity index (χ1) is 9.79. The molecule has 1 aromatic rings. The first-order valence-electron chi connectivity index (χ1n) is 6.82. The zero-order valence-corrected chi connectivity index (χ0v) is 12.7. The van der Waals surface area contributed by atoms with Gasteiger partial charge in [-0.05, 0) is 25.3 Å². The van der Waals surface area contributed by atoms with Gasteiger partial charge >= 0.3 is 17.2 Å². The van der Waals surface area contributed by atoms with Gasteiger partial charge in [0.2, 0.25) is 0 Å². The Morgan fingerprint density at radius 1 is 1.43 bits per heavy atom. The molecule has 21 heavy (non-hydrogen) atoms. The summed E-state index contributed by atoms with van der Waals surface area (Å²) >= 11 is 0. The van der Waals surface area contributed by atoms with E-state index in [0.29, 0.717) is 12.1 Å². The number of hydrogen-bond donors (Lipinski definition) is 0. The number of hydrogen-bond acceptors (Lipinski definition) is 5. The molecule has 0 fully saturated rings. The van der Waals surface area contributed by atoms with Crippen molar-refractivity contribution in [3.8, 4) is 0 Å². The molecule has 0 saturated carbocycles. The number of aryl methyl sites for hydroxylation is 1. The molecule has 0 bridgehead atoms. The minimum atomic E-state index is -0.851. The maximum Gasteiger partial charge on any atom is 0.334 e. The fourth-order valence-corrected chi connectivity index (χ4v) is 1.96. The molecule has 116 valence electrons. The van der Waals surface area contributed by atoms with Crippen LogP contribution >= 0.6 is 0 Å². The molecule has 0 aliphatic rings. The van der Waals surface area contributed by atoms with Gasteiger partial charge in [0.1, 0.15) is 6.04 Å². The maximum absolute atomic E-state index is 12.2. The fraction of sp³-hybridized carbons (Fsp3) is 0.571. The van der Waals surface area contributed by atoms with Crippen LogP contribution in [0.2, 0.25) is 0 Å². The Labute approximate surface area is 122 Å². The monoisotopic (exact) mass is 296 g/mol. The van der Waals surface area contributed by atoms with Crippen molar-refractivity contribution < 1.29 is 14.5 Å². The first-order valence-corrected chi connectivity index (χ1v) is 6.82. The Hall–Kier alpha value is -2.18. The van der Waals surface area contributed by atoms with Crippen molar-refractivity contribution in [3.63, 3.8) is 0 Å². The largest absolute Gasteiger partial charge is 0.464 e. The van der Waals surface area contributed by atoms with Crippen molar-refractivity contribution in [2.45, 2.75) is 40.2 Å². The van der Waals surface area contributed by atoms with Crippen LogP contribution in [0.25, 0.3) is 0 Å². The highest BCUT2D eigenvalue weighted by atomic mass is 16.6. The molecular weight excluding hydrogens is 276 g/mol. The van der Waals surface area contributed by atoms with Crippen LogP contribution in [0.5, 0.6) is 0 Å². The van der Waals surface area contributed by atoms with Gasteiger partial charge in [0.15, 0.2) is 0 Å². The van der Waals surface area contributed by atoms with E-state index in [4.69, 9.17) is 4.74 Å². The molecule has 0 aromatic carbocycles. The van der Waals surface area contributed by atoms with Crippen LogP contribution in [-0.4, -0.2) is 22.1 Å². The molecule has 1 rings (SSSR count). The number of pyridine rings is 1. The summed E-state index contributed by atoms with van der Waals surface area (Å²) in [5, 5.41) is 10.9. The maximum atomic E-state index is 12.2. The van der Waals surface area contributed by atoms with Crippen LogP contribution in [0.3, 0.4) is 0 Å². The second-order valence-corrected chi connectivity index (χ2v) is 5.24. The predicted octanol–water partition coefficient (Wildman–Crippen LogP) is 2.22. The van der Waals surface area contributed by atoms with Gasteiger partial charge in [-0.1, -0.05) is 20.8 Å². The number of nitro groups is 1. The van der Waals surface area contributed by atoms with Crippen molar-refractivity contribution in [2.75, 3.05) is 6.61 Å². The van der Waals surface area contributed by atoms with Crippen molar-refractivity contribution in [1.82, 2.24) is 4.57 Å². The molecule has 0 radical (unpaired) electrons. The molecule has 1 unspecified atom stereocenters. The van der Waals surface area contributed by atoms with E-state index in [-0.39, 0.29) is 12.5 Å². The third-order valence-electron chi connectivity index (χ3n) is 3.03. The van der Waals surface area contributed by atoms with E-state index in [1.54, 1.807) is 13.8 Å². The molecule has 1 atom stereocenters. The smallest absolute Gasteiger partial charge is 0.334 e. The molecule has 0 amide bonds. The van der Waals surface area contributed by atoms with Crippen LogP contribution < -0.4 is 5.56 Å². The summed E-state index contributed by atoms with van der Waals surface area (Å²) in [6.07, 6.45) is 0.318. The second kappa shape index (κ2) is 7.01. The van der Waals surface area contributed by atoms with Gasteiger partial charge in [-0.2, -0.15) is 0 Å². The number of rotatable bonds is 6. The number of carbonyl (C=O) groups excluding carboxylic acids is 1. The Kier molecular flexibility index (Phi) is 5.63. The molecule has 1 aromatic heterocycles. The quantitative estimate of drug-likeness (QED) is 0.456.